The number of anilines is 1. The van der Waals surface area contributed by atoms with E-state index >= 15 is 0 Å². The van der Waals surface area contributed by atoms with Crippen LogP contribution in [-0.2, 0) is 24.3 Å². The zero-order valence-corrected chi connectivity index (χ0v) is 19.8. The Morgan fingerprint density at radius 3 is 2.59 bits per heavy atom. The molecule has 0 saturated heterocycles. The highest BCUT2D eigenvalue weighted by molar-refractivity contribution is 8.00. The van der Waals surface area contributed by atoms with Gasteiger partial charge in [0.2, 0.25) is 11.9 Å². The van der Waals surface area contributed by atoms with Crippen LogP contribution >= 0.6 is 11.8 Å². The number of ether oxygens (including phenoxy) is 1. The minimum atomic E-state index is -0.0306. The highest BCUT2D eigenvalue weighted by Gasteiger charge is 2.20. The molecule has 0 bridgehead atoms. The van der Waals surface area contributed by atoms with Crippen molar-refractivity contribution in [3.63, 3.8) is 0 Å². The summed E-state index contributed by atoms with van der Waals surface area (Å²) in [4.78, 5) is 24.5. The standard InChI is InChI=1S/C27H26N4O2S/c1-33-22-12-10-19(11-13-22)16-28-25(32)18-34-26-23-8-4-5-9-24(23)29-27(30-26)31-15-14-20-6-2-3-7-21(20)17-31/h2-13H,14-18H2,1H3,(H,28,32). The second-order valence-electron chi connectivity index (χ2n) is 8.20. The van der Waals surface area contributed by atoms with Gasteiger partial charge in [-0.2, -0.15) is 0 Å². The molecule has 1 aromatic heterocycles. The van der Waals surface area contributed by atoms with E-state index in [1.54, 1.807) is 7.11 Å². The van der Waals surface area contributed by atoms with Crippen LogP contribution in [0.2, 0.25) is 0 Å². The normalized spacial score (nSPS) is 12.9. The lowest BCUT2D eigenvalue weighted by molar-refractivity contribution is -0.118. The summed E-state index contributed by atoms with van der Waals surface area (Å²) in [5, 5.41) is 4.79. The average molecular weight is 471 g/mol. The predicted molar refractivity (Wildman–Crippen MR) is 136 cm³/mol. The van der Waals surface area contributed by atoms with Crippen LogP contribution in [0.3, 0.4) is 0 Å². The number of para-hydroxylation sites is 1. The van der Waals surface area contributed by atoms with Gasteiger partial charge in [0.25, 0.3) is 0 Å². The van der Waals surface area contributed by atoms with Gasteiger partial charge in [-0.3, -0.25) is 4.79 Å². The molecule has 7 heteroatoms. The van der Waals surface area contributed by atoms with E-state index in [9.17, 15) is 4.79 Å². The van der Waals surface area contributed by atoms with Crippen LogP contribution in [0.1, 0.15) is 16.7 Å². The largest absolute Gasteiger partial charge is 0.497 e. The Bertz CT molecular complexity index is 1310. The third-order valence-electron chi connectivity index (χ3n) is 5.96. The zero-order valence-electron chi connectivity index (χ0n) is 19.0. The number of carbonyl (C=O) groups is 1. The number of fused-ring (bicyclic) bond motifs is 2. The van der Waals surface area contributed by atoms with Gasteiger partial charge in [-0.05, 0) is 41.3 Å². The fourth-order valence-corrected chi connectivity index (χ4v) is 4.93. The Balaban J connectivity index is 1.29. The maximum absolute atomic E-state index is 12.6. The van der Waals surface area contributed by atoms with E-state index in [1.807, 2.05) is 48.5 Å². The number of hydrogen-bond donors (Lipinski definition) is 1. The van der Waals surface area contributed by atoms with E-state index in [0.717, 1.165) is 46.8 Å². The second kappa shape index (κ2) is 10.1. The molecule has 0 fully saturated rings. The van der Waals surface area contributed by atoms with E-state index < -0.39 is 0 Å². The van der Waals surface area contributed by atoms with E-state index in [1.165, 1.54) is 22.9 Å². The first-order valence-corrected chi connectivity index (χ1v) is 12.3. The van der Waals surface area contributed by atoms with Crippen LogP contribution in [0, 0.1) is 0 Å². The minimum absolute atomic E-state index is 0.0306. The molecule has 1 N–H and O–H groups in total. The van der Waals surface area contributed by atoms with Gasteiger partial charge in [0, 0.05) is 25.0 Å². The van der Waals surface area contributed by atoms with Gasteiger partial charge < -0.3 is 15.0 Å². The Kier molecular flexibility index (Phi) is 6.62. The Labute approximate surface area is 203 Å². The lowest BCUT2D eigenvalue weighted by Crippen LogP contribution is -2.31. The number of carbonyl (C=O) groups excluding carboxylic acids is 1. The predicted octanol–water partition coefficient (Wildman–Crippen LogP) is 4.61. The Morgan fingerprint density at radius 2 is 1.76 bits per heavy atom. The average Bonchev–Trinajstić information content (AvgIpc) is 2.90. The third kappa shape index (κ3) is 4.99. The molecule has 2 heterocycles. The van der Waals surface area contributed by atoms with Crippen molar-refractivity contribution in [3.05, 3.63) is 89.5 Å². The number of thioether (sulfide) groups is 1. The number of amides is 1. The summed E-state index contributed by atoms with van der Waals surface area (Å²) in [7, 11) is 1.64. The lowest BCUT2D eigenvalue weighted by atomic mass is 10.0. The highest BCUT2D eigenvalue weighted by atomic mass is 32.2. The smallest absolute Gasteiger partial charge is 0.230 e. The molecule has 1 amide bonds. The third-order valence-corrected chi connectivity index (χ3v) is 6.95. The number of aromatic nitrogens is 2. The zero-order chi connectivity index (χ0) is 23.3. The molecule has 1 aliphatic rings. The van der Waals surface area contributed by atoms with Crippen LogP contribution in [0.15, 0.2) is 77.8 Å². The van der Waals surface area contributed by atoms with Gasteiger partial charge in [-0.15, -0.1) is 0 Å². The van der Waals surface area contributed by atoms with Gasteiger partial charge in [0.15, 0.2) is 0 Å². The maximum atomic E-state index is 12.6. The summed E-state index contributed by atoms with van der Waals surface area (Å²) in [5.74, 6) is 1.78. The van der Waals surface area contributed by atoms with Crippen molar-refractivity contribution in [2.75, 3.05) is 24.3 Å². The molecule has 0 spiro atoms. The van der Waals surface area contributed by atoms with Crippen LogP contribution in [-0.4, -0.2) is 35.3 Å². The molecule has 172 valence electrons. The molecule has 0 saturated carbocycles. The van der Waals surface area contributed by atoms with Gasteiger partial charge in [-0.1, -0.05) is 66.4 Å². The Morgan fingerprint density at radius 1 is 1.00 bits per heavy atom. The minimum Gasteiger partial charge on any atom is -0.497 e. The summed E-state index contributed by atoms with van der Waals surface area (Å²) < 4.78 is 5.18. The molecular formula is C27H26N4O2S. The van der Waals surface area contributed by atoms with Gasteiger partial charge in [0.1, 0.15) is 10.8 Å². The van der Waals surface area contributed by atoms with Crippen LogP contribution in [0.4, 0.5) is 5.95 Å². The van der Waals surface area contributed by atoms with Gasteiger partial charge in [0.05, 0.1) is 18.4 Å². The molecule has 5 rings (SSSR count). The maximum Gasteiger partial charge on any atom is 0.230 e. The van der Waals surface area contributed by atoms with Crippen LogP contribution in [0.5, 0.6) is 5.75 Å². The molecule has 1 aliphatic heterocycles. The summed E-state index contributed by atoms with van der Waals surface area (Å²) in [6.45, 7) is 2.15. The topological polar surface area (TPSA) is 67.3 Å². The van der Waals surface area contributed by atoms with Gasteiger partial charge in [-0.25, -0.2) is 9.97 Å². The molecular weight excluding hydrogens is 444 g/mol. The summed E-state index contributed by atoms with van der Waals surface area (Å²) in [6.07, 6.45) is 0.975. The number of nitrogens with zero attached hydrogens (tertiary/aromatic N) is 3. The summed E-state index contributed by atoms with van der Waals surface area (Å²) >= 11 is 1.45. The van der Waals surface area contributed by atoms with Crippen molar-refractivity contribution < 1.29 is 9.53 Å². The Hall–Kier alpha value is -3.58. The van der Waals surface area contributed by atoms with Crippen LogP contribution in [0.25, 0.3) is 10.9 Å². The lowest BCUT2D eigenvalue weighted by Gasteiger charge is -2.29. The van der Waals surface area contributed by atoms with Crippen molar-refractivity contribution in [2.45, 2.75) is 24.5 Å². The first-order valence-electron chi connectivity index (χ1n) is 11.3. The molecule has 0 atom stereocenters. The van der Waals surface area contributed by atoms with Crippen molar-refractivity contribution >= 4 is 34.5 Å². The SMILES string of the molecule is COc1ccc(CNC(=O)CSc2nc(N3CCc4ccccc4C3)nc3ccccc23)cc1. The van der Waals surface area contributed by atoms with Crippen molar-refractivity contribution in [2.24, 2.45) is 0 Å². The van der Waals surface area contributed by atoms with E-state index in [0.29, 0.717) is 18.2 Å². The van der Waals surface area contributed by atoms with Crippen molar-refractivity contribution in [1.82, 2.24) is 15.3 Å². The fraction of sp³-hybridized carbons (Fsp3) is 0.222. The van der Waals surface area contributed by atoms with Crippen molar-refractivity contribution in [3.8, 4) is 5.75 Å². The number of rotatable bonds is 7. The number of benzene rings is 3. The number of hydrogen-bond acceptors (Lipinski definition) is 6. The second-order valence-corrected chi connectivity index (χ2v) is 9.16. The first kappa shape index (κ1) is 22.2. The monoisotopic (exact) mass is 470 g/mol. The van der Waals surface area contributed by atoms with E-state index in [2.05, 4.69) is 34.5 Å². The number of methoxy groups -OCH3 is 1. The fourth-order valence-electron chi connectivity index (χ4n) is 4.08. The molecule has 0 radical (unpaired) electrons. The van der Waals surface area contributed by atoms with E-state index in [4.69, 9.17) is 14.7 Å². The molecule has 3 aromatic carbocycles. The quantitative estimate of drug-likeness (QED) is 0.314. The molecule has 34 heavy (non-hydrogen) atoms. The van der Waals surface area contributed by atoms with Crippen molar-refractivity contribution in [1.29, 1.82) is 0 Å². The van der Waals surface area contributed by atoms with Crippen LogP contribution < -0.4 is 15.0 Å². The van der Waals surface area contributed by atoms with E-state index in [-0.39, 0.29) is 5.91 Å². The first-order chi connectivity index (χ1) is 16.7. The van der Waals surface area contributed by atoms with Gasteiger partial charge >= 0.3 is 0 Å². The summed E-state index contributed by atoms with van der Waals surface area (Å²) in [6, 6.07) is 24.2. The highest BCUT2D eigenvalue weighted by Crippen LogP contribution is 2.29. The molecule has 4 aromatic rings. The molecule has 0 aliphatic carbocycles. The number of nitrogens with one attached hydrogen (secondary N) is 1. The summed E-state index contributed by atoms with van der Waals surface area (Å²) in [5.41, 5.74) is 4.63. The molecule has 0 unspecified atom stereocenters. The molecule has 6 nitrogen and oxygen atoms in total.